The minimum atomic E-state index is -0.716. The van der Waals surface area contributed by atoms with Crippen molar-refractivity contribution in [2.75, 3.05) is 13.7 Å². The minimum absolute atomic E-state index is 0.0517. The van der Waals surface area contributed by atoms with Gasteiger partial charge in [0.25, 0.3) is 0 Å². The second-order valence-corrected chi connectivity index (χ2v) is 5.12. The fourth-order valence-electron chi connectivity index (χ4n) is 2.38. The van der Waals surface area contributed by atoms with Crippen molar-refractivity contribution in [1.29, 1.82) is 0 Å². The maximum Gasteiger partial charge on any atom is 0.328 e. The lowest BCUT2D eigenvalue weighted by Crippen LogP contribution is -2.44. The topological polar surface area (TPSA) is 93.3 Å². The van der Waals surface area contributed by atoms with E-state index in [0.29, 0.717) is 13.0 Å². The third-order valence-electron chi connectivity index (χ3n) is 3.49. The van der Waals surface area contributed by atoms with E-state index in [9.17, 15) is 9.59 Å². The number of H-pyrrole nitrogens is 1. The van der Waals surface area contributed by atoms with Gasteiger partial charge in [-0.2, -0.15) is 0 Å². The average molecular weight is 295 g/mol. The van der Waals surface area contributed by atoms with Crippen LogP contribution in [0.1, 0.15) is 31.4 Å². The molecule has 1 aliphatic rings. The number of carbonyl (C=O) groups is 2. The summed E-state index contributed by atoms with van der Waals surface area (Å²) in [5, 5.41) is 2.71. The molecule has 2 rings (SSSR count). The lowest BCUT2D eigenvalue weighted by atomic mass is 10.1. The normalized spacial score (nSPS) is 19.8. The molecule has 2 atom stereocenters. The van der Waals surface area contributed by atoms with E-state index in [-0.39, 0.29) is 18.4 Å². The smallest absolute Gasteiger partial charge is 0.328 e. The van der Waals surface area contributed by atoms with Crippen LogP contribution in [0.2, 0.25) is 0 Å². The first-order chi connectivity index (χ1) is 10.2. The van der Waals surface area contributed by atoms with Gasteiger partial charge in [0.2, 0.25) is 5.91 Å². The number of hydrogen-bond donors (Lipinski definition) is 2. The molecule has 116 valence electrons. The molecule has 1 aromatic heterocycles. The van der Waals surface area contributed by atoms with Crippen molar-refractivity contribution >= 4 is 11.9 Å². The lowest BCUT2D eigenvalue weighted by Gasteiger charge is -2.23. The summed E-state index contributed by atoms with van der Waals surface area (Å²) in [4.78, 5) is 30.6. The minimum Gasteiger partial charge on any atom is -0.467 e. The lowest BCUT2D eigenvalue weighted by molar-refractivity contribution is -0.145. The zero-order chi connectivity index (χ0) is 15.1. The number of ether oxygens (including phenoxy) is 2. The average Bonchev–Trinajstić information content (AvgIpc) is 2.99. The first kappa shape index (κ1) is 15.5. The molecule has 0 bridgehead atoms. The van der Waals surface area contributed by atoms with Gasteiger partial charge in [-0.3, -0.25) is 4.79 Å². The van der Waals surface area contributed by atoms with Crippen molar-refractivity contribution in [2.24, 2.45) is 0 Å². The number of aromatic nitrogens is 2. The van der Waals surface area contributed by atoms with Crippen molar-refractivity contribution < 1.29 is 19.1 Å². The van der Waals surface area contributed by atoms with Crippen molar-refractivity contribution in [3.63, 3.8) is 0 Å². The predicted octanol–water partition coefficient (Wildman–Crippen LogP) is 0.569. The summed E-state index contributed by atoms with van der Waals surface area (Å²) in [6, 6.07) is -0.716. The van der Waals surface area contributed by atoms with Crippen molar-refractivity contribution in [3.8, 4) is 0 Å². The van der Waals surface area contributed by atoms with Crippen LogP contribution in [0.5, 0.6) is 0 Å². The van der Waals surface area contributed by atoms with E-state index in [1.807, 2.05) is 0 Å². The van der Waals surface area contributed by atoms with Gasteiger partial charge in [-0.15, -0.1) is 0 Å². The standard InChI is InChI=1S/C14H21N3O4/c1-20-14(19)12(6-10-8-15-9-16-10)17-13(18)7-11-4-2-3-5-21-11/h8-9,11-12H,2-7H2,1H3,(H,15,16)(H,17,18)/t11?,12-/m0/s1. The van der Waals surface area contributed by atoms with Crippen molar-refractivity contribution in [1.82, 2.24) is 15.3 Å². The third-order valence-corrected chi connectivity index (χ3v) is 3.49. The van der Waals surface area contributed by atoms with Gasteiger partial charge in [0.1, 0.15) is 6.04 Å². The zero-order valence-corrected chi connectivity index (χ0v) is 12.1. The fourth-order valence-corrected chi connectivity index (χ4v) is 2.38. The number of rotatable bonds is 6. The molecular formula is C14H21N3O4. The zero-order valence-electron chi connectivity index (χ0n) is 12.1. The van der Waals surface area contributed by atoms with Gasteiger partial charge in [0, 0.05) is 24.9 Å². The summed E-state index contributed by atoms with van der Waals surface area (Å²) in [6.07, 6.45) is 6.70. The molecule has 21 heavy (non-hydrogen) atoms. The van der Waals surface area contributed by atoms with Crippen molar-refractivity contribution in [2.45, 2.75) is 44.2 Å². The van der Waals surface area contributed by atoms with Crippen LogP contribution in [-0.4, -0.2) is 47.7 Å². The van der Waals surface area contributed by atoms with E-state index in [1.54, 1.807) is 6.20 Å². The Bertz CT molecular complexity index is 455. The number of aromatic amines is 1. The molecule has 7 heteroatoms. The Morgan fingerprint density at radius 3 is 3.05 bits per heavy atom. The van der Waals surface area contributed by atoms with E-state index >= 15 is 0 Å². The summed E-state index contributed by atoms with van der Waals surface area (Å²) in [5.74, 6) is -0.667. The van der Waals surface area contributed by atoms with Gasteiger partial charge in [0.15, 0.2) is 0 Å². The monoisotopic (exact) mass is 295 g/mol. The highest BCUT2D eigenvalue weighted by molar-refractivity contribution is 5.84. The molecule has 1 saturated heterocycles. The molecule has 2 heterocycles. The molecule has 1 fully saturated rings. The molecular weight excluding hydrogens is 274 g/mol. The molecule has 2 N–H and O–H groups in total. The van der Waals surface area contributed by atoms with Crippen molar-refractivity contribution in [3.05, 3.63) is 18.2 Å². The van der Waals surface area contributed by atoms with Gasteiger partial charge in [0.05, 0.1) is 26.0 Å². The summed E-state index contributed by atoms with van der Waals surface area (Å²) >= 11 is 0. The summed E-state index contributed by atoms with van der Waals surface area (Å²) < 4.78 is 10.3. The molecule has 0 saturated carbocycles. The Balaban J connectivity index is 1.87. The number of nitrogens with one attached hydrogen (secondary N) is 2. The predicted molar refractivity (Wildman–Crippen MR) is 74.4 cm³/mol. The van der Waals surface area contributed by atoms with E-state index in [0.717, 1.165) is 25.0 Å². The number of hydrogen-bond acceptors (Lipinski definition) is 5. The maximum absolute atomic E-state index is 12.0. The van der Waals surface area contributed by atoms with Crippen LogP contribution in [0.3, 0.4) is 0 Å². The van der Waals surface area contributed by atoms with Crippen LogP contribution in [0.15, 0.2) is 12.5 Å². The molecule has 0 spiro atoms. The molecule has 1 aliphatic heterocycles. The number of esters is 1. The molecule has 0 aliphatic carbocycles. The largest absolute Gasteiger partial charge is 0.467 e. The van der Waals surface area contributed by atoms with E-state index in [1.165, 1.54) is 13.4 Å². The Morgan fingerprint density at radius 1 is 1.57 bits per heavy atom. The van der Waals surface area contributed by atoms with Gasteiger partial charge >= 0.3 is 5.97 Å². The van der Waals surface area contributed by atoms with E-state index in [4.69, 9.17) is 9.47 Å². The molecule has 0 aromatic carbocycles. The Morgan fingerprint density at radius 2 is 2.43 bits per heavy atom. The van der Waals surface area contributed by atoms with Gasteiger partial charge in [-0.25, -0.2) is 9.78 Å². The second-order valence-electron chi connectivity index (χ2n) is 5.12. The molecule has 1 aromatic rings. The first-order valence-corrected chi connectivity index (χ1v) is 7.15. The fraction of sp³-hybridized carbons (Fsp3) is 0.643. The number of methoxy groups -OCH3 is 1. The summed E-state index contributed by atoms with van der Waals surface area (Å²) in [6.45, 7) is 0.701. The molecule has 1 unspecified atom stereocenters. The maximum atomic E-state index is 12.0. The van der Waals surface area contributed by atoms with Gasteiger partial charge in [-0.1, -0.05) is 0 Å². The number of amides is 1. The highest BCUT2D eigenvalue weighted by Gasteiger charge is 2.25. The van der Waals surface area contributed by atoms with Gasteiger partial charge < -0.3 is 19.8 Å². The molecule has 0 radical (unpaired) electrons. The highest BCUT2D eigenvalue weighted by Crippen LogP contribution is 2.15. The Hall–Kier alpha value is -1.89. The van der Waals surface area contributed by atoms with E-state index in [2.05, 4.69) is 15.3 Å². The quantitative estimate of drug-likeness (QED) is 0.748. The molecule has 1 amide bonds. The second kappa shape index (κ2) is 7.78. The number of carbonyl (C=O) groups excluding carboxylic acids is 2. The van der Waals surface area contributed by atoms with Crippen LogP contribution >= 0.6 is 0 Å². The third kappa shape index (κ3) is 4.86. The van der Waals surface area contributed by atoms with Crippen LogP contribution in [0.4, 0.5) is 0 Å². The van der Waals surface area contributed by atoms with Crippen LogP contribution in [0, 0.1) is 0 Å². The van der Waals surface area contributed by atoms with Crippen LogP contribution in [0.25, 0.3) is 0 Å². The number of nitrogens with zero attached hydrogens (tertiary/aromatic N) is 1. The molecule has 7 nitrogen and oxygen atoms in total. The van der Waals surface area contributed by atoms with Crippen LogP contribution < -0.4 is 5.32 Å². The summed E-state index contributed by atoms with van der Waals surface area (Å²) in [7, 11) is 1.30. The van der Waals surface area contributed by atoms with E-state index < -0.39 is 12.0 Å². The van der Waals surface area contributed by atoms with Crippen LogP contribution in [-0.2, 0) is 25.5 Å². The van der Waals surface area contributed by atoms with Gasteiger partial charge in [-0.05, 0) is 19.3 Å². The summed E-state index contributed by atoms with van der Waals surface area (Å²) in [5.41, 5.74) is 0.764. The SMILES string of the molecule is COC(=O)[C@H](Cc1cnc[nH]1)NC(=O)CC1CCCCO1. The first-order valence-electron chi connectivity index (χ1n) is 7.15. The number of imidazole rings is 1. The Labute approximate surface area is 123 Å². The Kier molecular flexibility index (Phi) is 5.74. The highest BCUT2D eigenvalue weighted by atomic mass is 16.5.